The SMILES string of the molecule is COc1cc(C(=O)NCCOc2ccccc2)c([N+](=O)[O-])cc1OC. The summed E-state index contributed by atoms with van der Waals surface area (Å²) in [5, 5.41) is 13.8. The van der Waals surface area contributed by atoms with Gasteiger partial charge < -0.3 is 19.5 Å². The first-order chi connectivity index (χ1) is 12.1. The topological polar surface area (TPSA) is 99.9 Å². The fourth-order valence-electron chi connectivity index (χ4n) is 2.15. The van der Waals surface area contributed by atoms with Crippen molar-refractivity contribution in [2.24, 2.45) is 0 Å². The number of carbonyl (C=O) groups excluding carboxylic acids is 1. The van der Waals surface area contributed by atoms with E-state index in [1.165, 1.54) is 20.3 Å². The number of hydrogen-bond acceptors (Lipinski definition) is 6. The Bertz CT molecular complexity index is 748. The lowest BCUT2D eigenvalue weighted by molar-refractivity contribution is -0.385. The second kappa shape index (κ2) is 8.53. The average molecular weight is 346 g/mol. The van der Waals surface area contributed by atoms with Crippen LogP contribution in [0.25, 0.3) is 0 Å². The van der Waals surface area contributed by atoms with E-state index in [1.807, 2.05) is 18.2 Å². The highest BCUT2D eigenvalue weighted by molar-refractivity contribution is 5.99. The molecule has 8 heteroatoms. The molecule has 0 fully saturated rings. The predicted octanol–water partition coefficient (Wildman–Crippen LogP) is 2.42. The molecule has 2 aromatic carbocycles. The molecule has 8 nitrogen and oxygen atoms in total. The van der Waals surface area contributed by atoms with Crippen LogP contribution in [-0.2, 0) is 0 Å². The average Bonchev–Trinajstić information content (AvgIpc) is 2.64. The normalized spacial score (nSPS) is 10.0. The minimum absolute atomic E-state index is 0.109. The molecule has 0 heterocycles. The first-order valence-electron chi connectivity index (χ1n) is 7.43. The summed E-state index contributed by atoms with van der Waals surface area (Å²) >= 11 is 0. The van der Waals surface area contributed by atoms with E-state index in [4.69, 9.17) is 14.2 Å². The summed E-state index contributed by atoms with van der Waals surface area (Å²) in [7, 11) is 2.75. The number of nitro groups is 1. The van der Waals surface area contributed by atoms with Crippen LogP contribution in [0.3, 0.4) is 0 Å². The van der Waals surface area contributed by atoms with Gasteiger partial charge in [-0.3, -0.25) is 14.9 Å². The quantitative estimate of drug-likeness (QED) is 0.448. The summed E-state index contributed by atoms with van der Waals surface area (Å²) in [5.41, 5.74) is -0.471. The lowest BCUT2D eigenvalue weighted by atomic mass is 10.1. The number of nitrogens with one attached hydrogen (secondary N) is 1. The Balaban J connectivity index is 2.06. The molecule has 132 valence electrons. The van der Waals surface area contributed by atoms with Crippen molar-refractivity contribution in [2.75, 3.05) is 27.4 Å². The molecule has 0 aliphatic carbocycles. The number of nitrogens with zero attached hydrogens (tertiary/aromatic N) is 1. The van der Waals surface area contributed by atoms with Gasteiger partial charge in [0.1, 0.15) is 17.9 Å². The maximum atomic E-state index is 12.3. The number of methoxy groups -OCH3 is 2. The second-order valence-corrected chi connectivity index (χ2v) is 4.90. The Hall–Kier alpha value is -3.29. The molecular formula is C17H18N2O6. The van der Waals surface area contributed by atoms with Crippen molar-refractivity contribution in [2.45, 2.75) is 0 Å². The lowest BCUT2D eigenvalue weighted by Crippen LogP contribution is -2.28. The smallest absolute Gasteiger partial charge is 0.286 e. The Morgan fingerprint density at radius 3 is 2.36 bits per heavy atom. The van der Waals surface area contributed by atoms with Crippen LogP contribution in [0.2, 0.25) is 0 Å². The van der Waals surface area contributed by atoms with Crippen molar-refractivity contribution in [3.8, 4) is 17.2 Å². The number of para-hydroxylation sites is 1. The number of nitro benzene ring substituents is 1. The van der Waals surface area contributed by atoms with E-state index in [9.17, 15) is 14.9 Å². The minimum Gasteiger partial charge on any atom is -0.493 e. The van der Waals surface area contributed by atoms with Gasteiger partial charge in [0, 0.05) is 6.07 Å². The Morgan fingerprint density at radius 2 is 1.76 bits per heavy atom. The predicted molar refractivity (Wildman–Crippen MR) is 90.5 cm³/mol. The van der Waals surface area contributed by atoms with E-state index in [0.29, 0.717) is 5.75 Å². The molecule has 1 N–H and O–H groups in total. The van der Waals surface area contributed by atoms with Gasteiger partial charge in [-0.05, 0) is 12.1 Å². The van der Waals surface area contributed by atoms with E-state index < -0.39 is 10.8 Å². The van der Waals surface area contributed by atoms with E-state index in [0.717, 1.165) is 6.07 Å². The van der Waals surface area contributed by atoms with Crippen molar-refractivity contribution in [1.29, 1.82) is 0 Å². The van der Waals surface area contributed by atoms with Crippen LogP contribution in [0.1, 0.15) is 10.4 Å². The van der Waals surface area contributed by atoms with Gasteiger partial charge >= 0.3 is 0 Å². The van der Waals surface area contributed by atoms with Crippen LogP contribution in [0.15, 0.2) is 42.5 Å². The summed E-state index contributed by atoms with van der Waals surface area (Å²) in [6.45, 7) is 0.427. The highest BCUT2D eigenvalue weighted by Crippen LogP contribution is 2.34. The summed E-state index contributed by atoms with van der Waals surface area (Å²) in [5.74, 6) is 0.495. The van der Waals surface area contributed by atoms with Gasteiger partial charge in [-0.15, -0.1) is 0 Å². The maximum Gasteiger partial charge on any atom is 0.286 e. The van der Waals surface area contributed by atoms with Crippen LogP contribution in [-0.4, -0.2) is 38.2 Å². The molecule has 0 spiro atoms. The molecule has 25 heavy (non-hydrogen) atoms. The molecule has 0 atom stereocenters. The highest BCUT2D eigenvalue weighted by Gasteiger charge is 2.24. The van der Waals surface area contributed by atoms with Crippen LogP contribution >= 0.6 is 0 Å². The van der Waals surface area contributed by atoms with Crippen molar-refractivity contribution >= 4 is 11.6 Å². The molecule has 0 saturated carbocycles. The standard InChI is InChI=1S/C17H18N2O6/c1-23-15-10-13(14(19(21)22)11-16(15)24-2)17(20)18-8-9-25-12-6-4-3-5-7-12/h3-7,10-11H,8-9H2,1-2H3,(H,18,20). The van der Waals surface area contributed by atoms with Crippen molar-refractivity contribution in [3.05, 3.63) is 58.1 Å². The number of carbonyl (C=O) groups is 1. The van der Waals surface area contributed by atoms with Gasteiger partial charge in [0.2, 0.25) is 0 Å². The van der Waals surface area contributed by atoms with Gasteiger partial charge in [0.05, 0.1) is 31.8 Å². The summed E-state index contributed by atoms with van der Waals surface area (Å²) in [4.78, 5) is 22.9. The zero-order valence-corrected chi connectivity index (χ0v) is 13.9. The third kappa shape index (κ3) is 4.60. The molecule has 0 unspecified atom stereocenters. The molecule has 2 rings (SSSR count). The first kappa shape index (κ1) is 18.1. The monoisotopic (exact) mass is 346 g/mol. The largest absolute Gasteiger partial charge is 0.493 e. The first-order valence-corrected chi connectivity index (χ1v) is 7.43. The lowest BCUT2D eigenvalue weighted by Gasteiger charge is -2.11. The van der Waals surface area contributed by atoms with Gasteiger partial charge in [-0.2, -0.15) is 0 Å². The van der Waals surface area contributed by atoms with Crippen LogP contribution < -0.4 is 19.5 Å². The molecule has 0 saturated heterocycles. The Morgan fingerprint density at radius 1 is 1.12 bits per heavy atom. The maximum absolute atomic E-state index is 12.3. The number of hydrogen-bond donors (Lipinski definition) is 1. The van der Waals surface area contributed by atoms with E-state index >= 15 is 0 Å². The third-order valence-electron chi connectivity index (χ3n) is 3.34. The molecular weight excluding hydrogens is 328 g/mol. The summed E-state index contributed by atoms with van der Waals surface area (Å²) in [6.07, 6.45) is 0. The molecule has 2 aromatic rings. The Kier molecular flexibility index (Phi) is 6.16. The van der Waals surface area contributed by atoms with Gasteiger partial charge in [0.15, 0.2) is 11.5 Å². The number of benzene rings is 2. The van der Waals surface area contributed by atoms with Gasteiger partial charge in [-0.25, -0.2) is 0 Å². The second-order valence-electron chi connectivity index (χ2n) is 4.90. The van der Waals surface area contributed by atoms with Crippen molar-refractivity contribution in [3.63, 3.8) is 0 Å². The molecule has 0 radical (unpaired) electrons. The fraction of sp³-hybridized carbons (Fsp3) is 0.235. The summed E-state index contributed by atoms with van der Waals surface area (Å²) < 4.78 is 15.6. The van der Waals surface area contributed by atoms with Gasteiger partial charge in [-0.1, -0.05) is 18.2 Å². The molecule has 0 bridgehead atoms. The van der Waals surface area contributed by atoms with Crippen LogP contribution in [0.4, 0.5) is 5.69 Å². The molecule has 0 aliphatic rings. The molecule has 1 amide bonds. The summed E-state index contributed by atoms with van der Waals surface area (Å²) in [6, 6.07) is 11.6. The van der Waals surface area contributed by atoms with Crippen LogP contribution in [0, 0.1) is 10.1 Å². The zero-order valence-electron chi connectivity index (χ0n) is 13.9. The van der Waals surface area contributed by atoms with Crippen LogP contribution in [0.5, 0.6) is 17.2 Å². The van der Waals surface area contributed by atoms with E-state index in [2.05, 4.69) is 5.32 Å². The van der Waals surface area contributed by atoms with Crippen molar-refractivity contribution in [1.82, 2.24) is 5.32 Å². The zero-order chi connectivity index (χ0) is 18.2. The van der Waals surface area contributed by atoms with E-state index in [-0.39, 0.29) is 35.9 Å². The molecule has 0 aromatic heterocycles. The van der Waals surface area contributed by atoms with Crippen molar-refractivity contribution < 1.29 is 23.9 Å². The number of ether oxygens (including phenoxy) is 3. The fourth-order valence-corrected chi connectivity index (χ4v) is 2.15. The Labute approximate surface area is 144 Å². The van der Waals surface area contributed by atoms with Gasteiger partial charge in [0.25, 0.3) is 11.6 Å². The number of amides is 1. The molecule has 0 aliphatic heterocycles. The number of rotatable bonds is 8. The van der Waals surface area contributed by atoms with E-state index in [1.54, 1.807) is 12.1 Å². The third-order valence-corrected chi connectivity index (χ3v) is 3.34. The minimum atomic E-state index is -0.642. The highest BCUT2D eigenvalue weighted by atomic mass is 16.6.